The minimum atomic E-state index is -0.846. The van der Waals surface area contributed by atoms with Gasteiger partial charge in [-0.3, -0.25) is 4.79 Å². The standard InChI is InChI=1S/2C18H34O3/c2*1-17(19)15-13-11-9-7-5-3-2-4-6-8-10-12-14-16-18(20)21/h14,16-17,19H,2-13,15H2,1H3,(H,20,21);2-3,17,19H,4-16H2,1H3,(H,20,21)/b;3-2-. The van der Waals surface area contributed by atoms with Crippen molar-refractivity contribution in [1.29, 1.82) is 0 Å². The number of allylic oxidation sites excluding steroid dienone is 3. The van der Waals surface area contributed by atoms with Crippen LogP contribution in [0, 0.1) is 0 Å². The SMILES string of the molecule is CC(O)CCCCCC/C=C\CCCCCCCC(=O)O.CC(O)CCCCCCCCCCCCCC=CC(=O)O. The first kappa shape index (κ1) is 42.5. The van der Waals surface area contributed by atoms with Crippen LogP contribution in [0.5, 0.6) is 0 Å². The Morgan fingerprint density at radius 3 is 1.12 bits per heavy atom. The molecule has 0 radical (unpaired) electrons. The second kappa shape index (κ2) is 35.5. The zero-order valence-corrected chi connectivity index (χ0v) is 27.5. The highest BCUT2D eigenvalue weighted by Crippen LogP contribution is 2.13. The number of carbonyl (C=O) groups is 2. The van der Waals surface area contributed by atoms with E-state index in [-0.39, 0.29) is 12.2 Å². The summed E-state index contributed by atoms with van der Waals surface area (Å²) in [6.45, 7) is 3.72. The van der Waals surface area contributed by atoms with Crippen LogP contribution in [0.3, 0.4) is 0 Å². The summed E-state index contributed by atoms with van der Waals surface area (Å²) in [5, 5.41) is 35.2. The van der Waals surface area contributed by atoms with Crippen LogP contribution in [0.4, 0.5) is 0 Å². The molecule has 0 bridgehead atoms. The Bertz CT molecular complexity index is 626. The molecule has 0 aromatic rings. The minimum Gasteiger partial charge on any atom is -0.481 e. The van der Waals surface area contributed by atoms with E-state index in [0.717, 1.165) is 64.2 Å². The molecular formula is C36H68O6. The summed E-state index contributed by atoms with van der Waals surface area (Å²) in [5.41, 5.74) is 0. The molecule has 0 aromatic heterocycles. The average molecular weight is 597 g/mol. The van der Waals surface area contributed by atoms with Crippen molar-refractivity contribution in [3.05, 3.63) is 24.3 Å². The molecule has 0 aliphatic rings. The minimum absolute atomic E-state index is 0.135. The number of unbranched alkanes of at least 4 members (excludes halogenated alkanes) is 20. The molecule has 0 fully saturated rings. The van der Waals surface area contributed by atoms with Crippen molar-refractivity contribution in [1.82, 2.24) is 0 Å². The lowest BCUT2D eigenvalue weighted by Crippen LogP contribution is -1.98. The summed E-state index contributed by atoms with van der Waals surface area (Å²) in [4.78, 5) is 20.6. The summed E-state index contributed by atoms with van der Waals surface area (Å²) in [5.74, 6) is -1.52. The number of hydrogen-bond donors (Lipinski definition) is 4. The van der Waals surface area contributed by atoms with Gasteiger partial charge >= 0.3 is 11.9 Å². The molecule has 2 unspecified atom stereocenters. The Balaban J connectivity index is 0. The largest absolute Gasteiger partial charge is 0.481 e. The Hall–Kier alpha value is -1.66. The van der Waals surface area contributed by atoms with Gasteiger partial charge in [0.25, 0.3) is 0 Å². The number of aliphatic hydroxyl groups is 2. The van der Waals surface area contributed by atoms with Crippen molar-refractivity contribution in [3.63, 3.8) is 0 Å². The lowest BCUT2D eigenvalue weighted by atomic mass is 10.0. The zero-order chi connectivity index (χ0) is 31.5. The normalized spacial score (nSPS) is 12.9. The number of rotatable bonds is 30. The second-order valence-corrected chi connectivity index (χ2v) is 12.1. The molecule has 0 rings (SSSR count). The van der Waals surface area contributed by atoms with Gasteiger partial charge in [0.15, 0.2) is 0 Å². The maximum atomic E-state index is 10.3. The number of hydrogen-bond acceptors (Lipinski definition) is 4. The summed E-state index contributed by atoms with van der Waals surface area (Å²) < 4.78 is 0. The molecule has 2 atom stereocenters. The Morgan fingerprint density at radius 2 is 0.786 bits per heavy atom. The fourth-order valence-corrected chi connectivity index (χ4v) is 4.84. The topological polar surface area (TPSA) is 115 Å². The van der Waals surface area contributed by atoms with Gasteiger partial charge in [0.1, 0.15) is 0 Å². The van der Waals surface area contributed by atoms with Crippen LogP contribution >= 0.6 is 0 Å². The number of carboxylic acid groups (broad SMARTS) is 2. The van der Waals surface area contributed by atoms with Gasteiger partial charge in [-0.25, -0.2) is 4.79 Å². The summed E-state index contributed by atoms with van der Waals surface area (Å²) >= 11 is 0. The van der Waals surface area contributed by atoms with Crippen molar-refractivity contribution >= 4 is 11.9 Å². The molecule has 0 saturated heterocycles. The van der Waals surface area contributed by atoms with Gasteiger partial charge < -0.3 is 20.4 Å². The molecule has 0 aliphatic heterocycles. The first-order chi connectivity index (χ1) is 20.3. The maximum Gasteiger partial charge on any atom is 0.327 e. The van der Waals surface area contributed by atoms with Crippen molar-refractivity contribution in [2.45, 2.75) is 193 Å². The summed E-state index contributed by atoms with van der Waals surface area (Å²) in [6.07, 6.45) is 37.0. The molecule has 4 N–H and O–H groups in total. The molecule has 248 valence electrons. The van der Waals surface area contributed by atoms with E-state index in [1.54, 1.807) is 6.08 Å². The third-order valence-corrected chi connectivity index (χ3v) is 7.42. The fourth-order valence-electron chi connectivity index (χ4n) is 4.84. The predicted molar refractivity (Wildman–Crippen MR) is 177 cm³/mol. The average Bonchev–Trinajstić information content (AvgIpc) is 2.92. The number of aliphatic hydroxyl groups excluding tert-OH is 2. The van der Waals surface area contributed by atoms with E-state index >= 15 is 0 Å². The van der Waals surface area contributed by atoms with Crippen molar-refractivity contribution in [2.75, 3.05) is 0 Å². The molecule has 0 amide bonds. The quantitative estimate of drug-likeness (QED) is 0.0372. The van der Waals surface area contributed by atoms with Gasteiger partial charge in [0, 0.05) is 12.5 Å². The van der Waals surface area contributed by atoms with Gasteiger partial charge in [-0.1, -0.05) is 121 Å². The molecule has 0 heterocycles. The molecule has 0 spiro atoms. The molecule has 0 aromatic carbocycles. The number of carboxylic acids is 2. The van der Waals surface area contributed by atoms with Crippen molar-refractivity contribution < 1.29 is 30.0 Å². The van der Waals surface area contributed by atoms with Gasteiger partial charge in [0.2, 0.25) is 0 Å². The van der Waals surface area contributed by atoms with Crippen LogP contribution in [0.1, 0.15) is 181 Å². The summed E-state index contributed by atoms with van der Waals surface area (Å²) in [7, 11) is 0. The van der Waals surface area contributed by atoms with Crippen LogP contribution < -0.4 is 0 Å². The molecule has 6 nitrogen and oxygen atoms in total. The van der Waals surface area contributed by atoms with E-state index in [1.807, 2.05) is 13.8 Å². The smallest absolute Gasteiger partial charge is 0.327 e. The van der Waals surface area contributed by atoms with Crippen LogP contribution in [0.15, 0.2) is 24.3 Å². The highest BCUT2D eigenvalue weighted by Gasteiger charge is 1.98. The zero-order valence-electron chi connectivity index (χ0n) is 27.5. The van der Waals surface area contributed by atoms with Gasteiger partial charge in [-0.2, -0.15) is 0 Å². The van der Waals surface area contributed by atoms with Crippen LogP contribution in [0.2, 0.25) is 0 Å². The van der Waals surface area contributed by atoms with Gasteiger partial charge in [-0.05, 0) is 71.6 Å². The van der Waals surface area contributed by atoms with Crippen molar-refractivity contribution in [3.8, 4) is 0 Å². The van der Waals surface area contributed by atoms with Crippen molar-refractivity contribution in [2.24, 2.45) is 0 Å². The monoisotopic (exact) mass is 597 g/mol. The molecule has 0 saturated carbocycles. The van der Waals surface area contributed by atoms with Crippen LogP contribution in [-0.4, -0.2) is 44.6 Å². The third-order valence-electron chi connectivity index (χ3n) is 7.42. The lowest BCUT2D eigenvalue weighted by molar-refractivity contribution is -0.137. The van der Waals surface area contributed by atoms with E-state index < -0.39 is 11.9 Å². The fraction of sp³-hybridized carbons (Fsp3) is 0.833. The maximum absolute atomic E-state index is 10.3. The van der Waals surface area contributed by atoms with E-state index in [1.165, 1.54) is 102 Å². The van der Waals surface area contributed by atoms with Crippen LogP contribution in [0.25, 0.3) is 0 Å². The summed E-state index contributed by atoms with van der Waals surface area (Å²) in [6, 6.07) is 0. The Labute approximate surface area is 259 Å². The molecule has 0 aliphatic carbocycles. The van der Waals surface area contributed by atoms with E-state index in [0.29, 0.717) is 6.42 Å². The first-order valence-corrected chi connectivity index (χ1v) is 17.4. The highest BCUT2D eigenvalue weighted by atomic mass is 16.4. The third kappa shape index (κ3) is 45.3. The Kier molecular flexibility index (Phi) is 35.9. The highest BCUT2D eigenvalue weighted by molar-refractivity contribution is 5.79. The van der Waals surface area contributed by atoms with E-state index in [2.05, 4.69) is 12.2 Å². The van der Waals surface area contributed by atoms with E-state index in [9.17, 15) is 9.59 Å². The predicted octanol–water partition coefficient (Wildman–Crippen LogP) is 10.2. The molecule has 6 heteroatoms. The Morgan fingerprint density at radius 1 is 0.476 bits per heavy atom. The van der Waals surface area contributed by atoms with E-state index in [4.69, 9.17) is 20.4 Å². The number of aliphatic carboxylic acids is 2. The molecule has 42 heavy (non-hydrogen) atoms. The van der Waals surface area contributed by atoms with Gasteiger partial charge in [-0.15, -0.1) is 0 Å². The van der Waals surface area contributed by atoms with Crippen LogP contribution in [-0.2, 0) is 9.59 Å². The first-order valence-electron chi connectivity index (χ1n) is 17.4. The lowest BCUT2D eigenvalue weighted by Gasteiger charge is -2.04. The second-order valence-electron chi connectivity index (χ2n) is 12.1. The molecular weight excluding hydrogens is 528 g/mol. The van der Waals surface area contributed by atoms with Gasteiger partial charge in [0.05, 0.1) is 12.2 Å².